The summed E-state index contributed by atoms with van der Waals surface area (Å²) in [6.07, 6.45) is 8.89. The summed E-state index contributed by atoms with van der Waals surface area (Å²) in [4.78, 5) is 17.3. The van der Waals surface area contributed by atoms with E-state index in [-0.39, 0.29) is 24.1 Å². The molecule has 3 aromatic heterocycles. The van der Waals surface area contributed by atoms with Crippen LogP contribution in [0.4, 0.5) is 4.39 Å². The van der Waals surface area contributed by atoms with E-state index >= 15 is 0 Å². The molecule has 1 aromatic carbocycles. The lowest BCUT2D eigenvalue weighted by molar-refractivity contribution is 0.445. The highest BCUT2D eigenvalue weighted by Crippen LogP contribution is 2.29. The van der Waals surface area contributed by atoms with Crippen LogP contribution in [0.25, 0.3) is 27.5 Å². The summed E-state index contributed by atoms with van der Waals surface area (Å²) in [5.41, 5.74) is 2.64. The number of nitriles is 1. The van der Waals surface area contributed by atoms with E-state index < -0.39 is 0 Å². The fourth-order valence-corrected chi connectivity index (χ4v) is 4.55. The van der Waals surface area contributed by atoms with Crippen LogP contribution < -0.4 is 5.56 Å². The largest absolute Gasteiger partial charge is 0.312 e. The van der Waals surface area contributed by atoms with Crippen LogP contribution in [0.1, 0.15) is 24.6 Å². The molecule has 1 aliphatic rings. The summed E-state index contributed by atoms with van der Waals surface area (Å²) >= 11 is 0. The molecule has 30 heavy (non-hydrogen) atoms. The van der Waals surface area contributed by atoms with Crippen LogP contribution >= 0.6 is 0 Å². The summed E-state index contributed by atoms with van der Waals surface area (Å²) in [6.45, 7) is 1.94. The predicted octanol–water partition coefficient (Wildman–Crippen LogP) is 4.66. The average Bonchev–Trinajstić information content (AvgIpc) is 3.15. The second-order valence-electron chi connectivity index (χ2n) is 8.15. The molecule has 5 rings (SSSR count). The highest BCUT2D eigenvalue weighted by Gasteiger charge is 2.25. The van der Waals surface area contributed by atoms with Gasteiger partial charge in [0.1, 0.15) is 0 Å². The van der Waals surface area contributed by atoms with Crippen molar-refractivity contribution in [3.63, 3.8) is 0 Å². The maximum absolute atomic E-state index is 14.5. The maximum Gasteiger partial charge on any atom is 0.268 e. The molecule has 0 unspecified atom stereocenters. The third kappa shape index (κ3) is 3.09. The average molecular weight is 398 g/mol. The number of pyridine rings is 2. The normalized spacial score (nSPS) is 15.0. The van der Waals surface area contributed by atoms with Crippen molar-refractivity contribution in [2.75, 3.05) is 0 Å². The number of aryl methyl sites for hydroxylation is 1. The van der Waals surface area contributed by atoms with Crippen LogP contribution in [0.3, 0.4) is 0 Å². The third-order valence-corrected chi connectivity index (χ3v) is 6.16. The Morgan fingerprint density at radius 1 is 1.17 bits per heavy atom. The van der Waals surface area contributed by atoms with Crippen LogP contribution in [0, 0.1) is 24.0 Å². The molecule has 1 aliphatic heterocycles. The molecule has 0 bridgehead atoms. The number of nitrogens with zero attached hydrogens (tertiary/aromatic N) is 4. The zero-order chi connectivity index (χ0) is 20.8. The zero-order valence-corrected chi connectivity index (χ0v) is 16.7. The molecule has 1 fully saturated rings. The lowest BCUT2D eigenvalue weighted by atomic mass is 9.42. The van der Waals surface area contributed by atoms with Crippen molar-refractivity contribution in [2.45, 2.75) is 38.4 Å². The molecule has 1 saturated heterocycles. The molecular formula is C23H20BFN4O. The summed E-state index contributed by atoms with van der Waals surface area (Å²) < 4.78 is 18.0. The molecule has 4 heterocycles. The first kappa shape index (κ1) is 18.6. The van der Waals surface area contributed by atoms with E-state index in [0.29, 0.717) is 11.0 Å². The molecule has 0 saturated carbocycles. The van der Waals surface area contributed by atoms with Crippen LogP contribution in [0.2, 0.25) is 12.6 Å². The first-order valence-corrected chi connectivity index (χ1v) is 10.2. The van der Waals surface area contributed by atoms with Gasteiger partial charge in [-0.25, -0.2) is 14.6 Å². The number of imidazole rings is 1. The van der Waals surface area contributed by atoms with Gasteiger partial charge in [0, 0.05) is 41.6 Å². The number of hydrogen-bond donors (Lipinski definition) is 0. The summed E-state index contributed by atoms with van der Waals surface area (Å²) in [7, 11) is 0. The van der Waals surface area contributed by atoms with Crippen LogP contribution in [-0.2, 0) is 0 Å². The minimum absolute atomic E-state index is 0.00803. The van der Waals surface area contributed by atoms with Gasteiger partial charge in [-0.15, -0.1) is 0 Å². The van der Waals surface area contributed by atoms with Gasteiger partial charge in [-0.2, -0.15) is 0 Å². The minimum Gasteiger partial charge on any atom is -0.312 e. The fraction of sp³-hybridized carbons (Fsp3) is 0.261. The van der Waals surface area contributed by atoms with Crippen molar-refractivity contribution in [1.82, 2.24) is 14.0 Å². The molecule has 0 radical (unpaired) electrons. The topological polar surface area (TPSA) is 63.1 Å². The number of rotatable bonds is 2. The molecule has 0 amide bonds. The molecular weight excluding hydrogens is 378 g/mol. The van der Waals surface area contributed by atoms with Gasteiger partial charge in [0.05, 0.1) is 5.69 Å². The quantitative estimate of drug-likeness (QED) is 0.462. The highest BCUT2D eigenvalue weighted by atomic mass is 19.1. The predicted molar refractivity (Wildman–Crippen MR) is 116 cm³/mol. The third-order valence-electron chi connectivity index (χ3n) is 6.16. The number of fused-ring (bicyclic) bond motifs is 2. The number of aromatic nitrogens is 3. The van der Waals surface area contributed by atoms with E-state index in [4.69, 9.17) is 5.26 Å². The molecule has 5 nitrogen and oxygen atoms in total. The Labute approximate surface area is 173 Å². The Morgan fingerprint density at radius 3 is 2.73 bits per heavy atom. The summed E-state index contributed by atoms with van der Waals surface area (Å²) in [5.74, 6) is 1.97. The molecule has 0 atom stereocenters. The Kier molecular flexibility index (Phi) is 4.43. The Bertz CT molecular complexity index is 1380. The van der Waals surface area contributed by atoms with Gasteiger partial charge in [-0.1, -0.05) is 18.7 Å². The molecule has 4 aromatic rings. The number of halogens is 1. The first-order valence-electron chi connectivity index (χ1n) is 10.2. The van der Waals surface area contributed by atoms with Gasteiger partial charge in [-0.3, -0.25) is 4.79 Å². The molecule has 0 N–H and O–H groups in total. The van der Waals surface area contributed by atoms with Gasteiger partial charge < -0.3 is 8.97 Å². The van der Waals surface area contributed by atoms with E-state index in [1.807, 2.05) is 48.1 Å². The number of hydrogen-bond acceptors (Lipinski definition) is 3. The Morgan fingerprint density at radius 2 is 1.97 bits per heavy atom. The van der Waals surface area contributed by atoms with Gasteiger partial charge >= 0.3 is 0 Å². The van der Waals surface area contributed by atoms with Crippen LogP contribution in [-0.4, -0.2) is 20.7 Å². The number of benzene rings is 1. The smallest absolute Gasteiger partial charge is 0.268 e. The highest BCUT2D eigenvalue weighted by molar-refractivity contribution is 6.67. The SMILES string of the molecule is Cc1cn2cc(-c3ccc4c(=O)n(C5CCB(C#N)CC5)ccc4c3)cc(F)c2n1. The molecule has 7 heteroatoms. The molecule has 0 spiro atoms. The first-order chi connectivity index (χ1) is 14.5. The van der Waals surface area contributed by atoms with E-state index in [9.17, 15) is 9.18 Å². The van der Waals surface area contributed by atoms with E-state index in [2.05, 4.69) is 11.0 Å². The van der Waals surface area contributed by atoms with Gasteiger partial charge in [0.2, 0.25) is 0 Å². The van der Waals surface area contributed by atoms with Crippen LogP contribution in [0.15, 0.2) is 53.7 Å². The lowest BCUT2D eigenvalue weighted by Gasteiger charge is -2.25. The van der Waals surface area contributed by atoms with Crippen molar-refractivity contribution in [1.29, 1.82) is 5.26 Å². The van der Waals surface area contributed by atoms with Crippen molar-refractivity contribution in [2.24, 2.45) is 0 Å². The maximum atomic E-state index is 14.5. The Hall–Kier alpha value is -3.40. The van der Waals surface area contributed by atoms with Gasteiger partial charge in [0.15, 0.2) is 11.5 Å². The fourth-order valence-electron chi connectivity index (χ4n) is 4.55. The molecule has 148 valence electrons. The van der Waals surface area contributed by atoms with Gasteiger partial charge in [-0.05, 0) is 55.0 Å². The standard InChI is InChI=1S/C23H20BFN4O/c1-15-12-28-13-18(11-21(25)22(28)27-15)16-2-3-20-17(10-16)6-9-29(23(20)30)19-4-7-24(14-26)8-5-19/h2-3,6,9-13,19H,4-5,7-8H2,1H3. The van der Waals surface area contributed by atoms with E-state index in [1.165, 1.54) is 6.07 Å². The van der Waals surface area contributed by atoms with Gasteiger partial charge in [0.25, 0.3) is 12.3 Å². The summed E-state index contributed by atoms with van der Waals surface area (Å²) in [6, 6.07) is 9.20. The lowest BCUT2D eigenvalue weighted by Crippen LogP contribution is -2.29. The minimum atomic E-state index is -0.371. The van der Waals surface area contributed by atoms with E-state index in [1.54, 1.807) is 10.6 Å². The zero-order valence-electron chi connectivity index (χ0n) is 16.7. The second kappa shape index (κ2) is 7.14. The van der Waals surface area contributed by atoms with E-state index in [0.717, 1.165) is 47.7 Å². The monoisotopic (exact) mass is 398 g/mol. The molecule has 0 aliphatic carbocycles. The van der Waals surface area contributed by atoms with Crippen molar-refractivity contribution in [3.05, 3.63) is 70.8 Å². The van der Waals surface area contributed by atoms with Crippen LogP contribution in [0.5, 0.6) is 0 Å². The summed E-state index contributed by atoms with van der Waals surface area (Å²) in [5, 5.41) is 10.6. The second-order valence-corrected chi connectivity index (χ2v) is 8.15. The van der Waals surface area contributed by atoms with Crippen molar-refractivity contribution < 1.29 is 4.39 Å². The Balaban J connectivity index is 1.53. The van der Waals surface area contributed by atoms with Crippen molar-refractivity contribution >= 4 is 23.1 Å². The van der Waals surface area contributed by atoms with Crippen molar-refractivity contribution in [3.8, 4) is 17.1 Å².